The molecule has 0 aliphatic carbocycles. The number of nitrogens with zero attached hydrogens (tertiary/aromatic N) is 1. The molecule has 0 bridgehead atoms. The predicted molar refractivity (Wildman–Crippen MR) is 174 cm³/mol. The highest BCUT2D eigenvalue weighted by atomic mass is 16.6. The van der Waals surface area contributed by atoms with Crippen LogP contribution in [-0.4, -0.2) is 75.3 Å². The van der Waals surface area contributed by atoms with Gasteiger partial charge in [-0.05, 0) is 57.7 Å². The molecule has 0 aromatic heterocycles. The van der Waals surface area contributed by atoms with Crippen LogP contribution in [0.1, 0.15) is 143 Å². The largest absolute Gasteiger partial charge is 0.467 e. The fourth-order valence-electron chi connectivity index (χ4n) is 5.06. The Morgan fingerprint density at radius 1 is 0.545 bits per heavy atom. The summed E-state index contributed by atoms with van der Waals surface area (Å²) in [6.07, 6.45) is 17.0. The number of hydrogen-bond acceptors (Lipinski definition) is 9. The van der Waals surface area contributed by atoms with Crippen LogP contribution in [0.5, 0.6) is 0 Å². The van der Waals surface area contributed by atoms with Crippen molar-refractivity contribution in [3.05, 3.63) is 0 Å². The van der Waals surface area contributed by atoms with Crippen LogP contribution in [0, 0.1) is 11.8 Å². The van der Waals surface area contributed by atoms with E-state index in [2.05, 4.69) is 32.6 Å². The minimum absolute atomic E-state index is 0.0233. The van der Waals surface area contributed by atoms with Crippen molar-refractivity contribution >= 4 is 24.4 Å². The van der Waals surface area contributed by atoms with Crippen LogP contribution >= 0.6 is 0 Å². The van der Waals surface area contributed by atoms with E-state index >= 15 is 0 Å². The van der Waals surface area contributed by atoms with Gasteiger partial charge in [-0.25, -0.2) is 0 Å². The summed E-state index contributed by atoms with van der Waals surface area (Å²) in [5, 5.41) is 0. The van der Waals surface area contributed by atoms with Gasteiger partial charge in [0.05, 0.1) is 12.5 Å². The molecule has 0 radical (unpaired) electrons. The summed E-state index contributed by atoms with van der Waals surface area (Å²) in [6, 6.07) is 0. The molecule has 0 N–H and O–H groups in total. The van der Waals surface area contributed by atoms with E-state index < -0.39 is 5.92 Å². The van der Waals surface area contributed by atoms with Gasteiger partial charge in [0.15, 0.2) is 0 Å². The first kappa shape index (κ1) is 41.8. The van der Waals surface area contributed by atoms with Crippen molar-refractivity contribution in [3.8, 4) is 0 Å². The lowest BCUT2D eigenvalue weighted by atomic mass is 9.96. The molecule has 2 unspecified atom stereocenters. The minimum atomic E-state index is -0.393. The fraction of sp³-hybridized carbons (Fsp3) is 0.886. The lowest BCUT2D eigenvalue weighted by Gasteiger charge is -2.18. The molecule has 0 aliphatic heterocycles. The number of rotatable bonds is 32. The topological polar surface area (TPSA) is 108 Å². The molecule has 44 heavy (non-hydrogen) atoms. The molecule has 0 rings (SSSR count). The molecule has 0 fully saturated rings. The van der Waals surface area contributed by atoms with E-state index in [4.69, 9.17) is 18.9 Å². The van der Waals surface area contributed by atoms with Gasteiger partial charge < -0.3 is 23.8 Å². The molecular weight excluding hydrogens is 562 g/mol. The molecule has 0 aliphatic rings. The van der Waals surface area contributed by atoms with E-state index in [1.807, 2.05) is 0 Å². The van der Waals surface area contributed by atoms with Crippen LogP contribution in [0.4, 0.5) is 0 Å². The number of ether oxygens (including phenoxy) is 4. The van der Waals surface area contributed by atoms with Crippen molar-refractivity contribution in [1.82, 2.24) is 4.90 Å². The van der Waals surface area contributed by atoms with Crippen LogP contribution in [0.25, 0.3) is 0 Å². The highest BCUT2D eigenvalue weighted by Gasteiger charge is 2.16. The number of carbonyl (C=O) groups is 4. The van der Waals surface area contributed by atoms with Gasteiger partial charge in [0.2, 0.25) is 0 Å². The highest BCUT2D eigenvalue weighted by Crippen LogP contribution is 2.18. The molecule has 0 amide bonds. The maximum Gasteiger partial charge on any atom is 0.305 e. The Kier molecular flexibility index (Phi) is 29.3. The van der Waals surface area contributed by atoms with E-state index in [0.29, 0.717) is 38.3 Å². The average molecular weight is 628 g/mol. The number of unbranched alkanes of at least 4 members (excludes halogenated alkanes) is 9. The summed E-state index contributed by atoms with van der Waals surface area (Å²) in [5.74, 6) is -0.592. The first-order chi connectivity index (χ1) is 21.4. The molecule has 0 aromatic rings. The average Bonchev–Trinajstić information content (AvgIpc) is 3.03. The Bertz CT molecular complexity index is 713. The van der Waals surface area contributed by atoms with Crippen LogP contribution in [0.15, 0.2) is 0 Å². The summed E-state index contributed by atoms with van der Waals surface area (Å²) in [7, 11) is 0. The van der Waals surface area contributed by atoms with Crippen LogP contribution in [-0.2, 0) is 38.1 Å². The lowest BCUT2D eigenvalue weighted by Crippen LogP contribution is -2.26. The zero-order chi connectivity index (χ0) is 32.7. The van der Waals surface area contributed by atoms with Crippen LogP contribution in [0.2, 0.25) is 0 Å². The Hall–Kier alpha value is -2.16. The van der Waals surface area contributed by atoms with Gasteiger partial charge in [0.1, 0.15) is 19.8 Å². The van der Waals surface area contributed by atoms with E-state index in [9.17, 15) is 19.2 Å². The number of carbonyl (C=O) groups excluding carboxylic acids is 4. The zero-order valence-corrected chi connectivity index (χ0v) is 28.6. The molecule has 9 heteroatoms. The molecule has 0 saturated carbocycles. The Labute approximate surface area is 268 Å². The second kappa shape index (κ2) is 30.8. The normalized spacial score (nSPS) is 12.5. The van der Waals surface area contributed by atoms with Crippen molar-refractivity contribution in [2.75, 3.05) is 46.1 Å². The second-order valence-corrected chi connectivity index (χ2v) is 12.0. The highest BCUT2D eigenvalue weighted by molar-refractivity contribution is 5.70. The quantitative estimate of drug-likeness (QED) is 0.0326. The SMILES string of the molecule is CCCCCCC(CCCC)COC(=O)CCCCCCCCC(=O)OCC(COC=O)COC(=O)CCCN(CC)CC. The summed E-state index contributed by atoms with van der Waals surface area (Å²) >= 11 is 0. The van der Waals surface area contributed by atoms with E-state index in [1.165, 1.54) is 38.5 Å². The third kappa shape index (κ3) is 26.3. The Morgan fingerprint density at radius 2 is 1.00 bits per heavy atom. The zero-order valence-electron chi connectivity index (χ0n) is 28.6. The molecule has 2 atom stereocenters. The second-order valence-electron chi connectivity index (χ2n) is 12.0. The van der Waals surface area contributed by atoms with Gasteiger partial charge in [0, 0.05) is 19.3 Å². The summed E-state index contributed by atoms with van der Waals surface area (Å²) in [4.78, 5) is 49.3. The van der Waals surface area contributed by atoms with Gasteiger partial charge in [-0.2, -0.15) is 0 Å². The standard InChI is InChI=1S/C35H65NO8/c1-5-9-11-16-21-31(20-10-6-2)27-42-33(38)22-17-14-12-13-15-18-23-34(39)43-28-32(26-41-30-37)29-44-35(40)24-19-25-36(7-3)8-4/h30-32H,5-29H2,1-4H3. The van der Waals surface area contributed by atoms with E-state index in [-0.39, 0.29) is 37.7 Å². The van der Waals surface area contributed by atoms with Gasteiger partial charge in [-0.3, -0.25) is 19.2 Å². The molecule has 258 valence electrons. The van der Waals surface area contributed by atoms with Crippen molar-refractivity contribution in [2.45, 2.75) is 143 Å². The Morgan fingerprint density at radius 3 is 1.50 bits per heavy atom. The first-order valence-electron chi connectivity index (χ1n) is 17.6. The number of hydrogen-bond donors (Lipinski definition) is 0. The monoisotopic (exact) mass is 627 g/mol. The third-order valence-electron chi connectivity index (χ3n) is 8.03. The molecule has 0 heterocycles. The van der Waals surface area contributed by atoms with Crippen LogP contribution in [0.3, 0.4) is 0 Å². The van der Waals surface area contributed by atoms with Gasteiger partial charge >= 0.3 is 17.9 Å². The van der Waals surface area contributed by atoms with Crippen LogP contribution < -0.4 is 0 Å². The predicted octanol–water partition coefficient (Wildman–Crippen LogP) is 7.42. The van der Waals surface area contributed by atoms with Crippen molar-refractivity contribution in [2.24, 2.45) is 11.8 Å². The first-order valence-corrected chi connectivity index (χ1v) is 17.6. The van der Waals surface area contributed by atoms with E-state index in [0.717, 1.165) is 77.4 Å². The Balaban J connectivity index is 3.99. The minimum Gasteiger partial charge on any atom is -0.467 e. The summed E-state index contributed by atoms with van der Waals surface area (Å²) in [5.41, 5.74) is 0. The maximum absolute atomic E-state index is 12.2. The molecule has 9 nitrogen and oxygen atoms in total. The molecule has 0 spiro atoms. The van der Waals surface area contributed by atoms with Crippen molar-refractivity contribution in [1.29, 1.82) is 0 Å². The lowest BCUT2D eigenvalue weighted by molar-refractivity contribution is -0.151. The van der Waals surface area contributed by atoms with Gasteiger partial charge in [0.25, 0.3) is 6.47 Å². The smallest absolute Gasteiger partial charge is 0.305 e. The fourth-order valence-corrected chi connectivity index (χ4v) is 5.06. The number of esters is 3. The van der Waals surface area contributed by atoms with Crippen molar-refractivity contribution < 1.29 is 38.1 Å². The summed E-state index contributed by atoms with van der Waals surface area (Å²) in [6.45, 7) is 12.3. The summed E-state index contributed by atoms with van der Waals surface area (Å²) < 4.78 is 21.1. The molecular formula is C35H65NO8. The molecule has 0 saturated heterocycles. The molecule has 0 aromatic carbocycles. The van der Waals surface area contributed by atoms with Gasteiger partial charge in [-0.15, -0.1) is 0 Å². The maximum atomic E-state index is 12.2. The van der Waals surface area contributed by atoms with Crippen molar-refractivity contribution in [3.63, 3.8) is 0 Å². The van der Waals surface area contributed by atoms with E-state index in [1.54, 1.807) is 0 Å². The van der Waals surface area contributed by atoms with Gasteiger partial charge in [-0.1, -0.05) is 91.9 Å². The third-order valence-corrected chi connectivity index (χ3v) is 8.03.